The second kappa shape index (κ2) is 6.93. The third-order valence-corrected chi connectivity index (χ3v) is 3.59. The summed E-state index contributed by atoms with van der Waals surface area (Å²) < 4.78 is 16.2. The van der Waals surface area contributed by atoms with Crippen molar-refractivity contribution in [2.75, 3.05) is 25.1 Å². The highest BCUT2D eigenvalue weighted by molar-refractivity contribution is 6.34. The van der Waals surface area contributed by atoms with E-state index in [1.165, 1.54) is 6.20 Å². The lowest BCUT2D eigenvalue weighted by molar-refractivity contribution is -0.118. The Hall–Kier alpha value is -2.18. The summed E-state index contributed by atoms with van der Waals surface area (Å²) in [4.78, 5) is 15.8. The molecule has 0 saturated carbocycles. The van der Waals surface area contributed by atoms with Crippen LogP contribution in [0.5, 0.6) is 17.2 Å². The van der Waals surface area contributed by atoms with Crippen LogP contribution in [0.3, 0.4) is 0 Å². The predicted molar refractivity (Wildman–Crippen MR) is 85.8 cm³/mol. The highest BCUT2D eigenvalue weighted by atomic mass is 35.5. The Labute approximate surface area is 142 Å². The van der Waals surface area contributed by atoms with Gasteiger partial charge in [-0.15, -0.1) is 0 Å². The Morgan fingerprint density at radius 2 is 2.00 bits per heavy atom. The van der Waals surface area contributed by atoms with Crippen LogP contribution in [0.15, 0.2) is 30.5 Å². The molecule has 0 unspecified atom stereocenters. The molecular formula is C15H12Cl2N2O4. The van der Waals surface area contributed by atoms with Gasteiger partial charge in [0.25, 0.3) is 5.91 Å². The van der Waals surface area contributed by atoms with E-state index in [0.29, 0.717) is 41.2 Å². The third-order valence-electron chi connectivity index (χ3n) is 2.99. The number of carbonyl (C=O) groups is 1. The minimum Gasteiger partial charge on any atom is -0.486 e. The second-order valence-electron chi connectivity index (χ2n) is 4.60. The number of aromatic nitrogens is 1. The van der Waals surface area contributed by atoms with Crippen molar-refractivity contribution in [3.63, 3.8) is 0 Å². The van der Waals surface area contributed by atoms with Gasteiger partial charge in [0.15, 0.2) is 29.0 Å². The Morgan fingerprint density at radius 1 is 1.26 bits per heavy atom. The molecule has 3 rings (SSSR count). The van der Waals surface area contributed by atoms with Gasteiger partial charge in [-0.1, -0.05) is 23.2 Å². The van der Waals surface area contributed by atoms with Crippen molar-refractivity contribution in [1.82, 2.24) is 4.98 Å². The van der Waals surface area contributed by atoms with Crippen molar-refractivity contribution in [1.29, 1.82) is 0 Å². The van der Waals surface area contributed by atoms with Crippen LogP contribution in [0.1, 0.15) is 0 Å². The molecule has 2 aromatic rings. The fourth-order valence-corrected chi connectivity index (χ4v) is 2.34. The highest BCUT2D eigenvalue weighted by Gasteiger charge is 2.16. The quantitative estimate of drug-likeness (QED) is 0.854. The number of anilines is 1. The number of hydrogen-bond donors (Lipinski definition) is 1. The number of fused-ring (bicyclic) bond motifs is 1. The van der Waals surface area contributed by atoms with Gasteiger partial charge in [0, 0.05) is 18.3 Å². The summed E-state index contributed by atoms with van der Waals surface area (Å²) in [6.45, 7) is 0.690. The molecule has 0 atom stereocenters. The van der Waals surface area contributed by atoms with Gasteiger partial charge in [0.1, 0.15) is 13.2 Å². The number of nitrogens with zero attached hydrogens (tertiary/aromatic N) is 1. The third kappa shape index (κ3) is 3.78. The Morgan fingerprint density at radius 3 is 2.74 bits per heavy atom. The summed E-state index contributed by atoms with van der Waals surface area (Å²) in [7, 11) is 0. The molecule has 2 heterocycles. The van der Waals surface area contributed by atoms with E-state index >= 15 is 0 Å². The lowest BCUT2D eigenvalue weighted by Gasteiger charge is -2.20. The van der Waals surface area contributed by atoms with E-state index in [2.05, 4.69) is 10.3 Å². The summed E-state index contributed by atoms with van der Waals surface area (Å²) >= 11 is 12.0. The smallest absolute Gasteiger partial charge is 0.262 e. The lowest BCUT2D eigenvalue weighted by atomic mass is 10.2. The molecule has 1 amide bonds. The van der Waals surface area contributed by atoms with Crippen LogP contribution >= 0.6 is 23.2 Å². The normalized spacial score (nSPS) is 12.6. The van der Waals surface area contributed by atoms with E-state index in [0.717, 1.165) is 0 Å². The molecule has 120 valence electrons. The van der Waals surface area contributed by atoms with Crippen molar-refractivity contribution in [3.8, 4) is 17.2 Å². The van der Waals surface area contributed by atoms with Gasteiger partial charge in [-0.3, -0.25) is 4.79 Å². The first-order valence-corrected chi connectivity index (χ1v) is 7.51. The molecule has 0 spiro atoms. The van der Waals surface area contributed by atoms with Gasteiger partial charge in [-0.05, 0) is 12.1 Å². The molecule has 23 heavy (non-hydrogen) atoms. The van der Waals surface area contributed by atoms with E-state index in [1.807, 2.05) is 0 Å². The maximum Gasteiger partial charge on any atom is 0.262 e. The number of pyridine rings is 1. The molecule has 8 heteroatoms. The Balaban J connectivity index is 1.65. The molecule has 0 radical (unpaired) electrons. The number of amides is 1. The zero-order valence-electron chi connectivity index (χ0n) is 11.8. The van der Waals surface area contributed by atoms with Crippen LogP contribution < -0.4 is 19.5 Å². The van der Waals surface area contributed by atoms with E-state index in [-0.39, 0.29) is 17.7 Å². The van der Waals surface area contributed by atoms with E-state index < -0.39 is 0 Å². The van der Waals surface area contributed by atoms with Crippen LogP contribution in [0, 0.1) is 0 Å². The molecule has 1 N–H and O–H groups in total. The molecule has 1 aromatic heterocycles. The van der Waals surface area contributed by atoms with Crippen molar-refractivity contribution in [2.45, 2.75) is 0 Å². The molecule has 0 bridgehead atoms. The summed E-state index contributed by atoms with van der Waals surface area (Å²) in [6.07, 6.45) is 1.53. The molecule has 1 aromatic carbocycles. The number of carbonyl (C=O) groups excluding carboxylic acids is 1. The average molecular weight is 355 g/mol. The zero-order valence-corrected chi connectivity index (χ0v) is 13.4. The number of benzene rings is 1. The minimum absolute atomic E-state index is 0.192. The maximum atomic E-state index is 12.0. The second-order valence-corrected chi connectivity index (χ2v) is 5.37. The zero-order chi connectivity index (χ0) is 16.2. The first-order chi connectivity index (χ1) is 11.1. The lowest BCUT2D eigenvalue weighted by Crippen LogP contribution is -2.21. The summed E-state index contributed by atoms with van der Waals surface area (Å²) in [5, 5.41) is 3.20. The molecule has 0 saturated heterocycles. The van der Waals surface area contributed by atoms with Crippen LogP contribution in [-0.4, -0.2) is 30.7 Å². The SMILES string of the molecule is O=C(COc1cccnc1Cl)Nc1cc2c(cc1Cl)OCCO2. The van der Waals surface area contributed by atoms with Gasteiger partial charge in [0.05, 0.1) is 10.7 Å². The molecule has 1 aliphatic heterocycles. The van der Waals surface area contributed by atoms with Gasteiger partial charge < -0.3 is 19.5 Å². The van der Waals surface area contributed by atoms with Gasteiger partial charge in [-0.25, -0.2) is 4.98 Å². The fourth-order valence-electron chi connectivity index (χ4n) is 1.97. The Kier molecular flexibility index (Phi) is 4.73. The minimum atomic E-state index is -0.386. The number of rotatable bonds is 4. The molecular weight excluding hydrogens is 343 g/mol. The Bertz CT molecular complexity index is 739. The van der Waals surface area contributed by atoms with Gasteiger partial charge in [-0.2, -0.15) is 0 Å². The summed E-state index contributed by atoms with van der Waals surface area (Å²) in [6, 6.07) is 6.51. The molecule has 6 nitrogen and oxygen atoms in total. The van der Waals surface area contributed by atoms with Crippen molar-refractivity contribution in [2.24, 2.45) is 0 Å². The molecule has 1 aliphatic rings. The van der Waals surface area contributed by atoms with Crippen LogP contribution in [0.4, 0.5) is 5.69 Å². The van der Waals surface area contributed by atoms with Crippen LogP contribution in [-0.2, 0) is 4.79 Å². The maximum absolute atomic E-state index is 12.0. The number of ether oxygens (including phenoxy) is 3. The fraction of sp³-hybridized carbons (Fsp3) is 0.200. The van der Waals surface area contributed by atoms with Crippen LogP contribution in [0.25, 0.3) is 0 Å². The van der Waals surface area contributed by atoms with Crippen molar-refractivity contribution < 1.29 is 19.0 Å². The highest BCUT2D eigenvalue weighted by Crippen LogP contribution is 2.37. The monoisotopic (exact) mass is 354 g/mol. The van der Waals surface area contributed by atoms with Gasteiger partial charge in [0.2, 0.25) is 0 Å². The average Bonchev–Trinajstić information content (AvgIpc) is 2.55. The number of halogens is 2. The first-order valence-electron chi connectivity index (χ1n) is 6.76. The van der Waals surface area contributed by atoms with E-state index in [1.54, 1.807) is 24.3 Å². The number of nitrogens with one attached hydrogen (secondary N) is 1. The summed E-state index contributed by atoms with van der Waals surface area (Å²) in [5.41, 5.74) is 0.418. The predicted octanol–water partition coefficient (Wildman–Crippen LogP) is 3.18. The van der Waals surface area contributed by atoms with Crippen molar-refractivity contribution in [3.05, 3.63) is 40.6 Å². The number of hydrogen-bond acceptors (Lipinski definition) is 5. The standard InChI is InChI=1S/C15H12Cl2N2O4/c16-9-6-12-13(22-5-4-21-12)7-10(9)19-14(20)8-23-11-2-1-3-18-15(11)17/h1-3,6-7H,4-5,8H2,(H,19,20). The topological polar surface area (TPSA) is 69.7 Å². The summed E-state index contributed by atoms with van der Waals surface area (Å²) in [5.74, 6) is 1.03. The van der Waals surface area contributed by atoms with E-state index in [9.17, 15) is 4.79 Å². The van der Waals surface area contributed by atoms with Crippen LogP contribution in [0.2, 0.25) is 10.2 Å². The largest absolute Gasteiger partial charge is 0.486 e. The van der Waals surface area contributed by atoms with Gasteiger partial charge >= 0.3 is 0 Å². The van der Waals surface area contributed by atoms with Crippen molar-refractivity contribution >= 4 is 34.8 Å². The molecule has 0 fully saturated rings. The van der Waals surface area contributed by atoms with E-state index in [4.69, 9.17) is 37.4 Å². The molecule has 0 aliphatic carbocycles. The first kappa shape index (κ1) is 15.7.